The smallest absolute Gasteiger partial charge is 0.264 e. The highest BCUT2D eigenvalue weighted by Gasteiger charge is 2.30. The molecule has 0 atom stereocenters. The van der Waals surface area contributed by atoms with Gasteiger partial charge in [-0.25, -0.2) is 8.42 Å². The molecule has 2 aromatic rings. The van der Waals surface area contributed by atoms with Crippen LogP contribution in [0.25, 0.3) is 0 Å². The molecule has 0 spiro atoms. The highest BCUT2D eigenvalue weighted by atomic mass is 32.2. The molecule has 0 aromatic heterocycles. The normalized spacial score (nSPS) is 16.0. The van der Waals surface area contributed by atoms with E-state index >= 15 is 0 Å². The minimum Gasteiger partial charge on any atom is -0.493 e. The van der Waals surface area contributed by atoms with Crippen molar-refractivity contribution in [3.05, 3.63) is 48.0 Å². The molecule has 168 valence electrons. The number of carbonyl (C=O) groups is 1. The molecule has 0 radical (unpaired) electrons. The minimum atomic E-state index is -3.82. The molecule has 0 saturated carbocycles. The number of carbonyl (C=O) groups excluding carboxylic acids is 1. The number of hydrogen-bond donors (Lipinski definition) is 0. The first-order valence-electron chi connectivity index (χ1n) is 10.2. The molecule has 0 unspecified atom stereocenters. The summed E-state index contributed by atoms with van der Waals surface area (Å²) in [5.41, 5.74) is 1.13. The van der Waals surface area contributed by atoms with Crippen LogP contribution in [0.15, 0.2) is 47.4 Å². The Morgan fingerprint density at radius 3 is 2.26 bits per heavy atom. The number of likely N-dealkylation sites (tertiary alicyclic amines) is 1. The van der Waals surface area contributed by atoms with Crippen LogP contribution in [0.1, 0.15) is 37.0 Å². The van der Waals surface area contributed by atoms with Gasteiger partial charge in [0.2, 0.25) is 0 Å². The van der Waals surface area contributed by atoms with E-state index in [4.69, 9.17) is 9.47 Å². The highest BCUT2D eigenvalue weighted by Crippen LogP contribution is 2.32. The summed E-state index contributed by atoms with van der Waals surface area (Å²) >= 11 is 0. The van der Waals surface area contributed by atoms with Crippen molar-refractivity contribution < 1.29 is 22.7 Å². The van der Waals surface area contributed by atoms with Gasteiger partial charge < -0.3 is 14.4 Å². The fourth-order valence-corrected chi connectivity index (χ4v) is 5.08. The van der Waals surface area contributed by atoms with Crippen molar-refractivity contribution in [2.24, 2.45) is 5.41 Å². The second kappa shape index (κ2) is 8.78. The number of hydrogen-bond acceptors (Lipinski definition) is 5. The van der Waals surface area contributed by atoms with Gasteiger partial charge in [0, 0.05) is 31.8 Å². The fraction of sp³-hybridized carbons (Fsp3) is 0.435. The first-order valence-corrected chi connectivity index (χ1v) is 11.6. The van der Waals surface area contributed by atoms with Crippen molar-refractivity contribution in [1.82, 2.24) is 4.90 Å². The largest absolute Gasteiger partial charge is 0.493 e. The zero-order valence-corrected chi connectivity index (χ0v) is 19.5. The van der Waals surface area contributed by atoms with E-state index in [1.54, 1.807) is 30.3 Å². The Labute approximate surface area is 184 Å². The second-order valence-corrected chi connectivity index (χ2v) is 10.5. The number of rotatable bonds is 6. The number of amides is 1. The molecule has 7 nitrogen and oxygen atoms in total. The van der Waals surface area contributed by atoms with E-state index in [9.17, 15) is 13.2 Å². The van der Waals surface area contributed by atoms with E-state index in [2.05, 4.69) is 13.8 Å². The van der Waals surface area contributed by atoms with Gasteiger partial charge in [-0.3, -0.25) is 9.10 Å². The molecular weight excluding hydrogens is 416 g/mol. The summed E-state index contributed by atoms with van der Waals surface area (Å²) in [7, 11) is 0.613. The number of nitrogens with zero attached hydrogens (tertiary/aromatic N) is 2. The maximum absolute atomic E-state index is 13.1. The summed E-state index contributed by atoms with van der Waals surface area (Å²) in [6, 6.07) is 11.1. The van der Waals surface area contributed by atoms with Crippen LogP contribution in [-0.2, 0) is 10.0 Å². The van der Waals surface area contributed by atoms with E-state index in [0.29, 0.717) is 22.7 Å². The van der Waals surface area contributed by atoms with E-state index in [0.717, 1.165) is 25.9 Å². The molecule has 0 aliphatic carbocycles. The predicted octanol–water partition coefficient (Wildman–Crippen LogP) is 3.79. The summed E-state index contributed by atoms with van der Waals surface area (Å²) in [5, 5.41) is 0. The van der Waals surface area contributed by atoms with Gasteiger partial charge in [0.15, 0.2) is 11.5 Å². The van der Waals surface area contributed by atoms with Crippen LogP contribution in [0.3, 0.4) is 0 Å². The monoisotopic (exact) mass is 446 g/mol. The topological polar surface area (TPSA) is 76.2 Å². The molecule has 1 fully saturated rings. The van der Waals surface area contributed by atoms with Crippen LogP contribution in [-0.4, -0.2) is 53.6 Å². The lowest BCUT2D eigenvalue weighted by molar-refractivity contribution is 0.0583. The van der Waals surface area contributed by atoms with Crippen LogP contribution in [0.5, 0.6) is 11.5 Å². The number of ether oxygens (including phenoxy) is 2. The van der Waals surface area contributed by atoms with Gasteiger partial charge in [0.1, 0.15) is 0 Å². The molecule has 1 saturated heterocycles. The van der Waals surface area contributed by atoms with E-state index in [1.807, 2.05) is 4.90 Å². The van der Waals surface area contributed by atoms with Crippen LogP contribution < -0.4 is 13.8 Å². The van der Waals surface area contributed by atoms with Gasteiger partial charge in [-0.15, -0.1) is 0 Å². The number of benzene rings is 2. The molecule has 1 aliphatic heterocycles. The molecule has 1 amide bonds. The molecular formula is C23H30N2O5S. The Kier molecular flexibility index (Phi) is 6.50. The standard InChI is InChI=1S/C23H30N2O5S/c1-23(2)13-6-14-25(16-23)22(26)17-7-9-18(10-8-17)24(3)31(27,28)19-11-12-20(29-4)21(15-19)30-5/h7-12,15H,6,13-14,16H2,1-5H3. The summed E-state index contributed by atoms with van der Waals surface area (Å²) in [6.07, 6.45) is 2.09. The van der Waals surface area contributed by atoms with Gasteiger partial charge in [-0.05, 0) is 54.7 Å². The van der Waals surface area contributed by atoms with Gasteiger partial charge in [0.05, 0.1) is 24.8 Å². The van der Waals surface area contributed by atoms with Crippen molar-refractivity contribution in [2.75, 3.05) is 38.7 Å². The summed E-state index contributed by atoms with van der Waals surface area (Å²) in [4.78, 5) is 14.9. The highest BCUT2D eigenvalue weighted by molar-refractivity contribution is 7.92. The first kappa shape index (κ1) is 22.9. The third-order valence-corrected chi connectivity index (χ3v) is 7.46. The molecule has 3 rings (SSSR count). The number of methoxy groups -OCH3 is 2. The quantitative estimate of drug-likeness (QED) is 0.675. The lowest BCUT2D eigenvalue weighted by Gasteiger charge is -2.38. The molecule has 31 heavy (non-hydrogen) atoms. The molecule has 2 aromatic carbocycles. The van der Waals surface area contributed by atoms with Crippen molar-refractivity contribution in [1.29, 1.82) is 0 Å². The Balaban J connectivity index is 1.81. The minimum absolute atomic E-state index is 0.0234. The lowest BCUT2D eigenvalue weighted by atomic mass is 9.84. The second-order valence-electron chi connectivity index (χ2n) is 8.53. The molecule has 0 N–H and O–H groups in total. The van der Waals surface area contributed by atoms with Crippen LogP contribution in [0.4, 0.5) is 5.69 Å². The summed E-state index contributed by atoms with van der Waals surface area (Å²) in [6.45, 7) is 5.81. The predicted molar refractivity (Wildman–Crippen MR) is 120 cm³/mol. The van der Waals surface area contributed by atoms with Crippen molar-refractivity contribution in [3.63, 3.8) is 0 Å². The van der Waals surface area contributed by atoms with Crippen molar-refractivity contribution in [2.45, 2.75) is 31.6 Å². The van der Waals surface area contributed by atoms with E-state index in [1.165, 1.54) is 37.7 Å². The molecule has 0 bridgehead atoms. The average molecular weight is 447 g/mol. The molecule has 8 heteroatoms. The van der Waals surface area contributed by atoms with Crippen LogP contribution >= 0.6 is 0 Å². The first-order chi connectivity index (χ1) is 14.6. The van der Waals surface area contributed by atoms with Crippen LogP contribution in [0.2, 0.25) is 0 Å². The molecule has 1 heterocycles. The maximum Gasteiger partial charge on any atom is 0.264 e. The zero-order chi connectivity index (χ0) is 22.8. The Morgan fingerprint density at radius 1 is 1.03 bits per heavy atom. The summed E-state index contributed by atoms with van der Waals surface area (Å²) < 4.78 is 37.8. The third-order valence-electron chi connectivity index (χ3n) is 5.68. The van der Waals surface area contributed by atoms with Gasteiger partial charge >= 0.3 is 0 Å². The van der Waals surface area contributed by atoms with E-state index in [-0.39, 0.29) is 16.2 Å². The van der Waals surface area contributed by atoms with Crippen molar-refractivity contribution in [3.8, 4) is 11.5 Å². The van der Waals surface area contributed by atoms with Gasteiger partial charge in [-0.1, -0.05) is 13.8 Å². The van der Waals surface area contributed by atoms with Gasteiger partial charge in [-0.2, -0.15) is 0 Å². The third kappa shape index (κ3) is 4.79. The Hall–Kier alpha value is -2.74. The Bertz CT molecular complexity index is 1050. The van der Waals surface area contributed by atoms with Gasteiger partial charge in [0.25, 0.3) is 15.9 Å². The summed E-state index contributed by atoms with van der Waals surface area (Å²) in [5.74, 6) is 0.764. The average Bonchev–Trinajstić information content (AvgIpc) is 2.76. The lowest BCUT2D eigenvalue weighted by Crippen LogP contribution is -2.43. The zero-order valence-electron chi connectivity index (χ0n) is 18.7. The maximum atomic E-state index is 13.1. The molecule has 1 aliphatic rings. The van der Waals surface area contributed by atoms with E-state index < -0.39 is 10.0 Å². The van der Waals surface area contributed by atoms with Crippen LogP contribution in [0, 0.1) is 5.41 Å². The number of anilines is 1. The Morgan fingerprint density at radius 2 is 1.68 bits per heavy atom. The number of sulfonamides is 1. The fourth-order valence-electron chi connectivity index (χ4n) is 3.87. The van der Waals surface area contributed by atoms with Crippen molar-refractivity contribution >= 4 is 21.6 Å². The number of piperidine rings is 1. The SMILES string of the molecule is COc1ccc(S(=O)(=O)N(C)c2ccc(C(=O)N3CCCC(C)(C)C3)cc2)cc1OC.